The minimum absolute atomic E-state index is 0.0107. The van der Waals surface area contributed by atoms with E-state index in [0.29, 0.717) is 21.9 Å². The fourth-order valence-corrected chi connectivity index (χ4v) is 2.52. The molecule has 4 heteroatoms. The summed E-state index contributed by atoms with van der Waals surface area (Å²) in [5.74, 6) is 1.33. The van der Waals surface area contributed by atoms with E-state index in [-0.39, 0.29) is 11.7 Å². The van der Waals surface area contributed by atoms with Crippen LogP contribution in [-0.2, 0) is 0 Å². The van der Waals surface area contributed by atoms with Crippen LogP contribution in [0.2, 0.25) is 0 Å². The van der Waals surface area contributed by atoms with E-state index in [9.17, 15) is 9.90 Å². The summed E-state index contributed by atoms with van der Waals surface area (Å²) in [4.78, 5) is 14.2. The molecule has 1 aromatic carbocycles. The number of amides is 1. The van der Waals surface area contributed by atoms with E-state index in [4.69, 9.17) is 0 Å². The molecule has 1 N–H and O–H groups in total. The van der Waals surface area contributed by atoms with Gasteiger partial charge in [-0.1, -0.05) is 13.8 Å². The molecule has 0 radical (unpaired) electrons. The molecule has 1 saturated heterocycles. The fraction of sp³-hybridized carbons (Fsp3) is 0.500. The topological polar surface area (TPSA) is 40.5 Å². The molecule has 2 rings (SSSR count). The van der Waals surface area contributed by atoms with E-state index in [2.05, 4.69) is 29.8 Å². The highest BCUT2D eigenvalue weighted by Gasteiger charge is 2.26. The summed E-state index contributed by atoms with van der Waals surface area (Å²) in [5.41, 5.74) is 0.553. The van der Waals surface area contributed by atoms with Crippen molar-refractivity contribution in [3.05, 3.63) is 28.2 Å². The lowest BCUT2D eigenvalue weighted by Crippen LogP contribution is -2.42. The van der Waals surface area contributed by atoms with Gasteiger partial charge in [0.1, 0.15) is 5.75 Å². The van der Waals surface area contributed by atoms with Crippen LogP contribution in [0.4, 0.5) is 0 Å². The van der Waals surface area contributed by atoms with Crippen LogP contribution in [0.1, 0.15) is 30.6 Å². The average Bonchev–Trinajstić information content (AvgIpc) is 2.35. The Balaban J connectivity index is 2.14. The molecule has 1 heterocycles. The molecular weight excluding hydrogens is 294 g/mol. The molecule has 1 fully saturated rings. The van der Waals surface area contributed by atoms with Gasteiger partial charge in [-0.15, -0.1) is 0 Å². The van der Waals surface area contributed by atoms with Crippen LogP contribution in [0.15, 0.2) is 22.7 Å². The number of benzene rings is 1. The molecule has 0 bridgehead atoms. The van der Waals surface area contributed by atoms with E-state index in [1.165, 1.54) is 6.07 Å². The van der Waals surface area contributed by atoms with E-state index in [0.717, 1.165) is 19.5 Å². The number of rotatable bonds is 1. The number of hydrogen-bond acceptors (Lipinski definition) is 2. The van der Waals surface area contributed by atoms with Crippen molar-refractivity contribution in [3.63, 3.8) is 0 Å². The van der Waals surface area contributed by atoms with Crippen molar-refractivity contribution >= 4 is 21.8 Å². The third-order valence-electron chi connectivity index (χ3n) is 3.81. The van der Waals surface area contributed by atoms with Crippen molar-refractivity contribution in [2.24, 2.45) is 11.8 Å². The predicted octanol–water partition coefficient (Wildman–Crippen LogP) is 3.27. The first-order valence-corrected chi connectivity index (χ1v) is 7.06. The van der Waals surface area contributed by atoms with Crippen LogP contribution < -0.4 is 0 Å². The van der Waals surface area contributed by atoms with Crippen LogP contribution in [0.3, 0.4) is 0 Å². The number of carbonyl (C=O) groups excluding carboxylic acids is 1. The van der Waals surface area contributed by atoms with Crippen LogP contribution in [0.25, 0.3) is 0 Å². The van der Waals surface area contributed by atoms with Crippen molar-refractivity contribution in [1.82, 2.24) is 4.90 Å². The molecule has 2 atom stereocenters. The molecule has 0 aliphatic carbocycles. The summed E-state index contributed by atoms with van der Waals surface area (Å²) in [6.45, 7) is 6.03. The molecule has 18 heavy (non-hydrogen) atoms. The van der Waals surface area contributed by atoms with E-state index in [1.807, 2.05) is 4.90 Å². The van der Waals surface area contributed by atoms with Gasteiger partial charge in [-0.25, -0.2) is 0 Å². The summed E-state index contributed by atoms with van der Waals surface area (Å²) in [5, 5.41) is 9.62. The minimum Gasteiger partial charge on any atom is -0.507 e. The Morgan fingerprint density at radius 3 is 2.72 bits per heavy atom. The molecule has 98 valence electrons. The Kier molecular flexibility index (Phi) is 3.95. The Hall–Kier alpha value is -1.03. The molecule has 1 aliphatic rings. The molecular formula is C14H18BrNO2. The van der Waals surface area contributed by atoms with Gasteiger partial charge in [-0.05, 0) is 52.4 Å². The van der Waals surface area contributed by atoms with Gasteiger partial charge in [0.15, 0.2) is 0 Å². The van der Waals surface area contributed by atoms with Gasteiger partial charge in [0.05, 0.1) is 4.47 Å². The van der Waals surface area contributed by atoms with Gasteiger partial charge in [0.25, 0.3) is 5.91 Å². The summed E-state index contributed by atoms with van der Waals surface area (Å²) in [7, 11) is 0. The van der Waals surface area contributed by atoms with Gasteiger partial charge >= 0.3 is 0 Å². The normalized spacial score (nSPS) is 24.1. The number of nitrogens with zero attached hydrogens (tertiary/aromatic N) is 1. The number of halogens is 1. The first-order valence-electron chi connectivity index (χ1n) is 6.27. The SMILES string of the molecule is CC1CCN(C(=O)c2ccc(Br)c(O)c2)CC1C. The van der Waals surface area contributed by atoms with E-state index >= 15 is 0 Å². The highest BCUT2D eigenvalue weighted by molar-refractivity contribution is 9.10. The average molecular weight is 312 g/mol. The number of phenolic OH excluding ortho intramolecular Hbond substituents is 1. The van der Waals surface area contributed by atoms with Crippen molar-refractivity contribution in [1.29, 1.82) is 0 Å². The molecule has 1 aliphatic heterocycles. The van der Waals surface area contributed by atoms with Gasteiger partial charge in [-0.3, -0.25) is 4.79 Å². The second-order valence-electron chi connectivity index (χ2n) is 5.16. The minimum atomic E-state index is 0.0107. The second-order valence-corrected chi connectivity index (χ2v) is 6.01. The lowest BCUT2D eigenvalue weighted by molar-refractivity contribution is 0.0627. The Morgan fingerprint density at radius 2 is 2.11 bits per heavy atom. The first-order chi connectivity index (χ1) is 8.49. The third kappa shape index (κ3) is 2.69. The van der Waals surface area contributed by atoms with Crippen LogP contribution in [0, 0.1) is 11.8 Å². The van der Waals surface area contributed by atoms with Crippen molar-refractivity contribution in [2.45, 2.75) is 20.3 Å². The number of carbonyl (C=O) groups is 1. The summed E-state index contributed by atoms with van der Waals surface area (Å²) in [6.07, 6.45) is 1.05. The maximum Gasteiger partial charge on any atom is 0.253 e. The summed E-state index contributed by atoms with van der Waals surface area (Å²) < 4.78 is 0.611. The molecule has 3 nitrogen and oxygen atoms in total. The van der Waals surface area contributed by atoms with Gasteiger partial charge in [0.2, 0.25) is 0 Å². The lowest BCUT2D eigenvalue weighted by Gasteiger charge is -2.35. The maximum atomic E-state index is 12.3. The standard InChI is InChI=1S/C14H18BrNO2/c1-9-5-6-16(8-10(9)2)14(18)11-3-4-12(15)13(17)7-11/h3-4,7,9-10,17H,5-6,8H2,1-2H3. The Morgan fingerprint density at radius 1 is 1.39 bits per heavy atom. The van der Waals surface area contributed by atoms with Crippen LogP contribution in [-0.4, -0.2) is 29.0 Å². The van der Waals surface area contributed by atoms with Crippen LogP contribution >= 0.6 is 15.9 Å². The van der Waals surface area contributed by atoms with Gasteiger partial charge < -0.3 is 10.0 Å². The smallest absolute Gasteiger partial charge is 0.253 e. The van der Waals surface area contributed by atoms with Crippen molar-refractivity contribution in [3.8, 4) is 5.75 Å². The molecule has 1 aromatic rings. The van der Waals surface area contributed by atoms with Crippen molar-refractivity contribution in [2.75, 3.05) is 13.1 Å². The summed E-state index contributed by atoms with van der Waals surface area (Å²) >= 11 is 3.22. The lowest BCUT2D eigenvalue weighted by atomic mass is 9.88. The molecule has 0 saturated carbocycles. The number of hydrogen-bond donors (Lipinski definition) is 1. The third-order valence-corrected chi connectivity index (χ3v) is 4.49. The quantitative estimate of drug-likeness (QED) is 0.864. The van der Waals surface area contributed by atoms with Gasteiger partial charge in [-0.2, -0.15) is 0 Å². The van der Waals surface area contributed by atoms with Gasteiger partial charge in [0, 0.05) is 18.7 Å². The number of phenols is 1. The Labute approximate surface area is 116 Å². The monoisotopic (exact) mass is 311 g/mol. The summed E-state index contributed by atoms with van der Waals surface area (Å²) in [6, 6.07) is 4.97. The number of aromatic hydroxyl groups is 1. The molecule has 0 spiro atoms. The second kappa shape index (κ2) is 5.31. The van der Waals surface area contributed by atoms with E-state index in [1.54, 1.807) is 12.1 Å². The number of likely N-dealkylation sites (tertiary alicyclic amines) is 1. The molecule has 2 unspecified atom stereocenters. The highest BCUT2D eigenvalue weighted by Crippen LogP contribution is 2.27. The van der Waals surface area contributed by atoms with Crippen molar-refractivity contribution < 1.29 is 9.90 Å². The predicted molar refractivity (Wildman–Crippen MR) is 74.7 cm³/mol. The molecule has 0 aromatic heterocycles. The fourth-order valence-electron chi connectivity index (χ4n) is 2.28. The highest BCUT2D eigenvalue weighted by atomic mass is 79.9. The van der Waals surface area contributed by atoms with Crippen LogP contribution in [0.5, 0.6) is 5.75 Å². The zero-order valence-corrected chi connectivity index (χ0v) is 12.3. The zero-order valence-electron chi connectivity index (χ0n) is 10.7. The largest absolute Gasteiger partial charge is 0.507 e. The zero-order chi connectivity index (χ0) is 13.3. The number of piperidine rings is 1. The Bertz CT molecular complexity index is 461. The molecule has 1 amide bonds. The first kappa shape index (κ1) is 13.4. The van der Waals surface area contributed by atoms with E-state index < -0.39 is 0 Å². The maximum absolute atomic E-state index is 12.3.